The second-order valence-electron chi connectivity index (χ2n) is 7.11. The first-order valence-electron chi connectivity index (χ1n) is 9.58. The number of carbonyl (C=O) groups excluding carboxylic acids is 2. The summed E-state index contributed by atoms with van der Waals surface area (Å²) >= 11 is 1.27. The van der Waals surface area contributed by atoms with Gasteiger partial charge in [-0.1, -0.05) is 30.0 Å². The Morgan fingerprint density at radius 1 is 1.13 bits per heavy atom. The van der Waals surface area contributed by atoms with E-state index in [0.717, 1.165) is 22.1 Å². The Labute approximate surface area is 182 Å². The summed E-state index contributed by atoms with van der Waals surface area (Å²) in [6.07, 6.45) is 0. The number of aryl methyl sites for hydroxylation is 1. The van der Waals surface area contributed by atoms with Crippen LogP contribution in [0.5, 0.6) is 0 Å². The number of likely N-dealkylation sites (N-methyl/N-ethyl adjacent to an activating group) is 1. The van der Waals surface area contributed by atoms with Crippen LogP contribution < -0.4 is 5.32 Å². The van der Waals surface area contributed by atoms with E-state index in [1.54, 1.807) is 7.05 Å². The van der Waals surface area contributed by atoms with Crippen molar-refractivity contribution in [3.8, 4) is 0 Å². The van der Waals surface area contributed by atoms with Gasteiger partial charge in [-0.25, -0.2) is 4.39 Å². The molecule has 0 fully saturated rings. The number of aromatic nitrogens is 3. The minimum absolute atomic E-state index is 0.112. The number of anilines is 1. The van der Waals surface area contributed by atoms with Crippen molar-refractivity contribution in [2.24, 2.45) is 0 Å². The fourth-order valence-corrected chi connectivity index (χ4v) is 4.13. The largest absolute Gasteiger partial charge is 0.336 e. The molecule has 0 radical (unpaired) electrons. The molecule has 7 nitrogen and oxygen atoms in total. The van der Waals surface area contributed by atoms with Crippen LogP contribution in [0.25, 0.3) is 16.6 Å². The third-order valence-corrected chi connectivity index (χ3v) is 5.75. The number of pyridine rings is 1. The highest BCUT2D eigenvalue weighted by Gasteiger charge is 2.17. The second kappa shape index (κ2) is 8.73. The molecule has 0 bridgehead atoms. The maximum absolute atomic E-state index is 13.0. The van der Waals surface area contributed by atoms with Crippen molar-refractivity contribution in [2.75, 3.05) is 24.7 Å². The van der Waals surface area contributed by atoms with Gasteiger partial charge in [0.2, 0.25) is 11.8 Å². The number of rotatable bonds is 6. The van der Waals surface area contributed by atoms with Crippen LogP contribution in [-0.4, -0.2) is 50.7 Å². The number of nitrogens with one attached hydrogen (secondary N) is 1. The Bertz CT molecular complexity index is 1270. The van der Waals surface area contributed by atoms with E-state index in [4.69, 9.17) is 0 Å². The number of fused-ring (bicyclic) bond motifs is 3. The van der Waals surface area contributed by atoms with Gasteiger partial charge in [-0.15, -0.1) is 10.2 Å². The van der Waals surface area contributed by atoms with E-state index in [2.05, 4.69) is 15.5 Å². The molecule has 0 saturated carbocycles. The van der Waals surface area contributed by atoms with Crippen LogP contribution >= 0.6 is 11.8 Å². The van der Waals surface area contributed by atoms with Crippen molar-refractivity contribution >= 4 is 45.8 Å². The highest BCUT2D eigenvalue weighted by Crippen LogP contribution is 2.25. The normalized spacial score (nSPS) is 11.1. The number of hydrogen-bond donors (Lipinski definition) is 1. The van der Waals surface area contributed by atoms with Gasteiger partial charge >= 0.3 is 0 Å². The molecule has 31 heavy (non-hydrogen) atoms. The van der Waals surface area contributed by atoms with E-state index in [1.807, 2.05) is 41.7 Å². The van der Waals surface area contributed by atoms with E-state index in [1.165, 1.54) is 40.9 Å². The van der Waals surface area contributed by atoms with Crippen LogP contribution in [0.3, 0.4) is 0 Å². The maximum atomic E-state index is 13.0. The quantitative estimate of drug-likeness (QED) is 0.467. The lowest BCUT2D eigenvalue weighted by Gasteiger charge is -2.16. The third kappa shape index (κ3) is 4.51. The average molecular weight is 438 g/mol. The lowest BCUT2D eigenvalue weighted by molar-refractivity contribution is -0.131. The summed E-state index contributed by atoms with van der Waals surface area (Å²) in [5, 5.41) is 12.8. The minimum Gasteiger partial charge on any atom is -0.336 e. The summed E-state index contributed by atoms with van der Waals surface area (Å²) in [7, 11) is 1.56. The highest BCUT2D eigenvalue weighted by molar-refractivity contribution is 7.99. The Morgan fingerprint density at radius 2 is 1.87 bits per heavy atom. The molecule has 0 atom stereocenters. The van der Waals surface area contributed by atoms with Crippen molar-refractivity contribution in [3.63, 3.8) is 0 Å². The van der Waals surface area contributed by atoms with E-state index >= 15 is 0 Å². The molecule has 2 aromatic carbocycles. The van der Waals surface area contributed by atoms with Gasteiger partial charge < -0.3 is 10.2 Å². The first kappa shape index (κ1) is 20.8. The molecule has 4 aromatic rings. The van der Waals surface area contributed by atoms with Gasteiger partial charge in [0.05, 0.1) is 17.8 Å². The van der Waals surface area contributed by atoms with Crippen LogP contribution in [0.1, 0.15) is 5.56 Å². The number of amides is 2. The Morgan fingerprint density at radius 3 is 2.65 bits per heavy atom. The molecule has 2 heterocycles. The van der Waals surface area contributed by atoms with Gasteiger partial charge in [0.25, 0.3) is 0 Å². The minimum atomic E-state index is -0.383. The highest BCUT2D eigenvalue weighted by atomic mass is 32.2. The standard InChI is InChI=1S/C22H20FN5O2S/c1-14-11-19-25-26-22(28(19)18-6-4-3-5-17(14)18)31-13-21(30)27(2)12-20(29)24-16-9-7-15(23)8-10-16/h3-11H,12-13H2,1-2H3,(H,24,29). The predicted octanol–water partition coefficient (Wildman–Crippen LogP) is 3.52. The predicted molar refractivity (Wildman–Crippen MR) is 119 cm³/mol. The Kier molecular flexibility index (Phi) is 5.85. The number of hydrogen-bond acceptors (Lipinski definition) is 5. The zero-order valence-corrected chi connectivity index (χ0v) is 17.8. The molecule has 158 valence electrons. The number of thioether (sulfide) groups is 1. The summed E-state index contributed by atoms with van der Waals surface area (Å²) in [4.78, 5) is 26.1. The van der Waals surface area contributed by atoms with E-state index in [9.17, 15) is 14.0 Å². The summed E-state index contributed by atoms with van der Waals surface area (Å²) in [6.45, 7) is 1.92. The first-order chi connectivity index (χ1) is 14.9. The molecular weight excluding hydrogens is 417 g/mol. The molecule has 0 aliphatic carbocycles. The molecule has 1 N–H and O–H groups in total. The van der Waals surface area contributed by atoms with Crippen molar-refractivity contribution in [1.29, 1.82) is 0 Å². The fraction of sp³-hybridized carbons (Fsp3) is 0.182. The summed E-state index contributed by atoms with van der Waals surface area (Å²) < 4.78 is 14.9. The SMILES string of the molecule is Cc1cc2nnc(SCC(=O)N(C)CC(=O)Nc3ccc(F)cc3)n2c2ccccc12. The maximum Gasteiger partial charge on any atom is 0.243 e. The number of nitrogens with zero attached hydrogens (tertiary/aromatic N) is 4. The van der Waals surface area contributed by atoms with Gasteiger partial charge in [0.15, 0.2) is 10.8 Å². The van der Waals surface area contributed by atoms with Crippen LogP contribution in [0, 0.1) is 12.7 Å². The van der Waals surface area contributed by atoms with Gasteiger partial charge in [0, 0.05) is 18.1 Å². The lowest BCUT2D eigenvalue weighted by Crippen LogP contribution is -2.36. The molecule has 0 aliphatic rings. The van der Waals surface area contributed by atoms with Crippen LogP contribution in [0.2, 0.25) is 0 Å². The van der Waals surface area contributed by atoms with Crippen molar-refractivity contribution in [3.05, 3.63) is 66.0 Å². The molecule has 0 aliphatic heterocycles. The van der Waals surface area contributed by atoms with Crippen molar-refractivity contribution in [1.82, 2.24) is 19.5 Å². The molecular formula is C22H20FN5O2S. The average Bonchev–Trinajstić information content (AvgIpc) is 3.16. The Hall–Kier alpha value is -3.46. The zero-order valence-electron chi connectivity index (χ0n) is 17.0. The molecule has 0 saturated heterocycles. The molecule has 2 aromatic heterocycles. The Balaban J connectivity index is 1.41. The molecule has 0 unspecified atom stereocenters. The summed E-state index contributed by atoms with van der Waals surface area (Å²) in [6, 6.07) is 15.4. The monoisotopic (exact) mass is 437 g/mol. The smallest absolute Gasteiger partial charge is 0.243 e. The fourth-order valence-electron chi connectivity index (χ4n) is 3.24. The van der Waals surface area contributed by atoms with Crippen molar-refractivity contribution in [2.45, 2.75) is 12.1 Å². The molecule has 9 heteroatoms. The third-order valence-electron chi connectivity index (χ3n) is 4.83. The zero-order chi connectivity index (χ0) is 22.0. The number of halogens is 1. The van der Waals surface area contributed by atoms with Crippen LogP contribution in [-0.2, 0) is 9.59 Å². The van der Waals surface area contributed by atoms with Gasteiger partial charge in [-0.3, -0.25) is 14.0 Å². The number of para-hydroxylation sites is 1. The summed E-state index contributed by atoms with van der Waals surface area (Å²) in [5.74, 6) is -0.843. The van der Waals surface area contributed by atoms with Crippen LogP contribution in [0.15, 0.2) is 59.8 Å². The second-order valence-corrected chi connectivity index (χ2v) is 8.06. The van der Waals surface area contributed by atoms with Crippen molar-refractivity contribution < 1.29 is 14.0 Å². The van der Waals surface area contributed by atoms with Gasteiger partial charge in [-0.2, -0.15) is 0 Å². The first-order valence-corrected chi connectivity index (χ1v) is 10.6. The molecule has 4 rings (SSSR count). The van der Waals surface area contributed by atoms with E-state index in [0.29, 0.717) is 10.8 Å². The van der Waals surface area contributed by atoms with Gasteiger partial charge in [-0.05, 0) is 48.9 Å². The number of benzene rings is 2. The lowest BCUT2D eigenvalue weighted by atomic mass is 10.1. The molecule has 2 amide bonds. The molecule has 0 spiro atoms. The van der Waals surface area contributed by atoms with Gasteiger partial charge in [0.1, 0.15) is 5.82 Å². The summed E-state index contributed by atoms with van der Waals surface area (Å²) in [5.41, 5.74) is 3.27. The van der Waals surface area contributed by atoms with E-state index in [-0.39, 0.29) is 29.9 Å². The number of carbonyl (C=O) groups is 2. The van der Waals surface area contributed by atoms with E-state index < -0.39 is 0 Å². The topological polar surface area (TPSA) is 79.6 Å². The van der Waals surface area contributed by atoms with Crippen LogP contribution in [0.4, 0.5) is 10.1 Å².